The number of carbonyl (C=O) groups excluding carboxylic acids is 1. The van der Waals surface area contributed by atoms with Crippen molar-refractivity contribution in [1.29, 1.82) is 0 Å². The third kappa shape index (κ3) is 3.09. The summed E-state index contributed by atoms with van der Waals surface area (Å²) in [6.45, 7) is 0.171. The number of terminal acetylenes is 1. The van der Waals surface area contributed by atoms with Gasteiger partial charge in [0.15, 0.2) is 4.80 Å². The maximum Gasteiger partial charge on any atom is 0.282 e. The van der Waals surface area contributed by atoms with Crippen molar-refractivity contribution in [2.45, 2.75) is 6.54 Å². The molecule has 1 amide bonds. The monoisotopic (exact) mass is 378 g/mol. The number of aromatic nitrogens is 1. The summed E-state index contributed by atoms with van der Waals surface area (Å²) in [6.07, 6.45) is 5.40. The molecule has 0 aliphatic carbocycles. The summed E-state index contributed by atoms with van der Waals surface area (Å²) in [4.78, 5) is 16.7. The number of fused-ring (bicyclic) bond motifs is 1. The molecule has 2 aromatic carbocycles. The highest BCUT2D eigenvalue weighted by Gasteiger charge is 2.14. The molecular weight excluding hydrogens is 370 g/mol. The van der Waals surface area contributed by atoms with Crippen LogP contribution in [0.15, 0.2) is 41.4 Å². The summed E-state index contributed by atoms with van der Waals surface area (Å²) in [5, 5.41) is 0.873. The van der Waals surface area contributed by atoms with E-state index in [1.165, 1.54) is 29.5 Å². The van der Waals surface area contributed by atoms with Crippen LogP contribution >= 0.6 is 34.5 Å². The Bertz CT molecular complexity index is 1060. The van der Waals surface area contributed by atoms with Gasteiger partial charge in [-0.25, -0.2) is 4.39 Å². The fraction of sp³-hybridized carbons (Fsp3) is 0.0588. The molecule has 1 heterocycles. The SMILES string of the molecule is C#CCn1c(=NC(=O)c2ccccc2F)sc2cc(Cl)cc(Cl)c21. The molecule has 0 bridgehead atoms. The van der Waals surface area contributed by atoms with Crippen LogP contribution in [0.3, 0.4) is 0 Å². The van der Waals surface area contributed by atoms with E-state index < -0.39 is 11.7 Å². The number of hydrogen-bond acceptors (Lipinski definition) is 2. The van der Waals surface area contributed by atoms with Gasteiger partial charge >= 0.3 is 0 Å². The number of benzene rings is 2. The van der Waals surface area contributed by atoms with Crippen molar-refractivity contribution in [3.63, 3.8) is 0 Å². The van der Waals surface area contributed by atoms with Crippen LogP contribution in [0, 0.1) is 18.2 Å². The molecule has 0 fully saturated rings. The number of carbonyl (C=O) groups is 1. The summed E-state index contributed by atoms with van der Waals surface area (Å²) in [7, 11) is 0. The van der Waals surface area contributed by atoms with Crippen molar-refractivity contribution in [2.75, 3.05) is 0 Å². The Hall–Kier alpha value is -2.13. The number of nitrogens with zero attached hydrogens (tertiary/aromatic N) is 2. The van der Waals surface area contributed by atoms with Gasteiger partial charge in [-0.05, 0) is 24.3 Å². The van der Waals surface area contributed by atoms with Gasteiger partial charge in [-0.15, -0.1) is 6.42 Å². The Balaban J connectivity index is 2.24. The number of amides is 1. The molecule has 120 valence electrons. The van der Waals surface area contributed by atoms with E-state index in [2.05, 4.69) is 10.9 Å². The minimum Gasteiger partial charge on any atom is -0.303 e. The highest BCUT2D eigenvalue weighted by Crippen LogP contribution is 2.29. The second-order valence-corrected chi connectivity index (χ2v) is 6.66. The zero-order valence-electron chi connectivity index (χ0n) is 12.1. The van der Waals surface area contributed by atoms with Gasteiger partial charge in [0, 0.05) is 5.02 Å². The molecule has 0 radical (unpaired) electrons. The molecule has 0 saturated carbocycles. The van der Waals surface area contributed by atoms with Gasteiger partial charge in [0.05, 0.1) is 27.3 Å². The minimum absolute atomic E-state index is 0.105. The molecule has 3 aromatic rings. The predicted molar refractivity (Wildman–Crippen MR) is 95.0 cm³/mol. The van der Waals surface area contributed by atoms with Crippen molar-refractivity contribution >= 4 is 50.7 Å². The van der Waals surface area contributed by atoms with Crippen molar-refractivity contribution < 1.29 is 9.18 Å². The standard InChI is InChI=1S/C17H9Cl2FN2OS/c1-2-7-22-15-12(19)8-10(18)9-14(15)24-17(22)21-16(23)11-5-3-4-6-13(11)20/h1,3-6,8-9H,7H2. The molecule has 0 spiro atoms. The van der Waals surface area contributed by atoms with Crippen molar-refractivity contribution in [1.82, 2.24) is 4.57 Å². The lowest BCUT2D eigenvalue weighted by molar-refractivity contribution is 0.0994. The van der Waals surface area contributed by atoms with E-state index in [1.807, 2.05) is 0 Å². The summed E-state index contributed by atoms with van der Waals surface area (Å²) in [6, 6.07) is 8.97. The van der Waals surface area contributed by atoms with E-state index in [9.17, 15) is 9.18 Å². The second kappa shape index (κ2) is 6.78. The van der Waals surface area contributed by atoms with Gasteiger partial charge in [-0.3, -0.25) is 4.79 Å². The Morgan fingerprint density at radius 2 is 2.08 bits per heavy atom. The first-order valence-electron chi connectivity index (χ1n) is 6.76. The third-order valence-electron chi connectivity index (χ3n) is 3.25. The van der Waals surface area contributed by atoms with E-state index in [0.717, 1.165) is 4.70 Å². The van der Waals surface area contributed by atoms with Crippen molar-refractivity contribution in [3.8, 4) is 12.3 Å². The molecule has 3 nitrogen and oxygen atoms in total. The molecule has 0 unspecified atom stereocenters. The fourth-order valence-corrected chi connectivity index (χ4v) is 4.04. The lowest BCUT2D eigenvalue weighted by Crippen LogP contribution is -2.17. The van der Waals surface area contributed by atoms with Crippen molar-refractivity contribution in [3.05, 3.63) is 62.6 Å². The van der Waals surface area contributed by atoms with Crippen LogP contribution < -0.4 is 4.80 Å². The van der Waals surface area contributed by atoms with Crippen LogP contribution in [-0.2, 0) is 6.54 Å². The van der Waals surface area contributed by atoms with Crippen LogP contribution in [0.25, 0.3) is 10.2 Å². The summed E-state index contributed by atoms with van der Waals surface area (Å²) >= 11 is 13.5. The van der Waals surface area contributed by atoms with Crippen LogP contribution in [0.2, 0.25) is 10.0 Å². The Morgan fingerprint density at radius 3 is 2.79 bits per heavy atom. The van der Waals surface area contributed by atoms with Crippen LogP contribution in [0.1, 0.15) is 10.4 Å². The normalized spacial score (nSPS) is 11.7. The first-order valence-corrected chi connectivity index (χ1v) is 8.34. The van der Waals surface area contributed by atoms with E-state index in [0.29, 0.717) is 20.4 Å². The second-order valence-electron chi connectivity index (χ2n) is 4.81. The van der Waals surface area contributed by atoms with E-state index in [4.69, 9.17) is 29.6 Å². The van der Waals surface area contributed by atoms with Crippen LogP contribution in [0.5, 0.6) is 0 Å². The average molecular weight is 379 g/mol. The largest absolute Gasteiger partial charge is 0.303 e. The number of thiazole rings is 1. The smallest absolute Gasteiger partial charge is 0.282 e. The molecule has 3 rings (SSSR count). The molecule has 1 aromatic heterocycles. The number of rotatable bonds is 2. The van der Waals surface area contributed by atoms with Crippen LogP contribution in [-0.4, -0.2) is 10.5 Å². The minimum atomic E-state index is -0.687. The van der Waals surface area contributed by atoms with Crippen LogP contribution in [0.4, 0.5) is 4.39 Å². The van der Waals surface area contributed by atoms with Gasteiger partial charge in [0.2, 0.25) is 0 Å². The Kier molecular flexibility index (Phi) is 4.72. The first kappa shape index (κ1) is 16.7. The topological polar surface area (TPSA) is 34.4 Å². The molecule has 24 heavy (non-hydrogen) atoms. The van der Waals surface area contributed by atoms with Crippen molar-refractivity contribution in [2.24, 2.45) is 4.99 Å². The molecule has 0 saturated heterocycles. The lowest BCUT2D eigenvalue weighted by Gasteiger charge is -2.02. The quantitative estimate of drug-likeness (QED) is 0.603. The predicted octanol–water partition coefficient (Wildman–Crippen LogP) is 4.52. The first-order chi connectivity index (χ1) is 11.5. The average Bonchev–Trinajstić information content (AvgIpc) is 2.85. The van der Waals surface area contributed by atoms with Gasteiger partial charge in [-0.1, -0.05) is 52.6 Å². The third-order valence-corrected chi connectivity index (χ3v) is 4.78. The summed E-state index contributed by atoms with van der Waals surface area (Å²) in [5.41, 5.74) is 0.537. The lowest BCUT2D eigenvalue weighted by atomic mass is 10.2. The number of hydrogen-bond donors (Lipinski definition) is 0. The highest BCUT2D eigenvalue weighted by atomic mass is 35.5. The molecule has 0 aliphatic rings. The molecule has 7 heteroatoms. The Morgan fingerprint density at radius 1 is 1.33 bits per heavy atom. The van der Waals surface area contributed by atoms with E-state index >= 15 is 0 Å². The fourth-order valence-electron chi connectivity index (χ4n) is 2.23. The molecular formula is C17H9Cl2FN2OS. The maximum absolute atomic E-state index is 13.8. The summed E-state index contributed by atoms with van der Waals surface area (Å²) < 4.78 is 16.1. The van der Waals surface area contributed by atoms with Gasteiger partial charge in [0.1, 0.15) is 5.82 Å². The molecule has 0 atom stereocenters. The summed E-state index contributed by atoms with van der Waals surface area (Å²) in [5.74, 6) is 1.19. The maximum atomic E-state index is 13.8. The molecule has 0 aliphatic heterocycles. The van der Waals surface area contributed by atoms with E-state index in [-0.39, 0.29) is 12.1 Å². The number of halogens is 3. The van der Waals surface area contributed by atoms with Gasteiger partial charge in [-0.2, -0.15) is 4.99 Å². The molecule has 0 N–H and O–H groups in total. The Labute approximate surface area is 151 Å². The zero-order valence-corrected chi connectivity index (χ0v) is 14.4. The zero-order chi connectivity index (χ0) is 17.3. The van der Waals surface area contributed by atoms with E-state index in [1.54, 1.807) is 22.8 Å². The van der Waals surface area contributed by atoms with Gasteiger partial charge in [0.25, 0.3) is 5.91 Å². The highest BCUT2D eigenvalue weighted by molar-refractivity contribution is 7.16. The van der Waals surface area contributed by atoms with Gasteiger partial charge < -0.3 is 4.57 Å².